The van der Waals surface area contributed by atoms with Crippen molar-refractivity contribution in [2.24, 2.45) is 5.92 Å². The molecule has 0 bridgehead atoms. The van der Waals surface area contributed by atoms with Gasteiger partial charge in [0, 0.05) is 30.7 Å². The first-order chi connectivity index (χ1) is 8.19. The van der Waals surface area contributed by atoms with Crippen molar-refractivity contribution in [1.82, 2.24) is 4.98 Å². The molecule has 0 spiro atoms. The Morgan fingerprint density at radius 2 is 2.12 bits per heavy atom. The summed E-state index contributed by atoms with van der Waals surface area (Å²) in [6.07, 6.45) is 5.41. The summed E-state index contributed by atoms with van der Waals surface area (Å²) in [6, 6.07) is 5.92. The highest BCUT2D eigenvalue weighted by molar-refractivity contribution is 5.85. The van der Waals surface area contributed by atoms with Crippen LogP contribution in [0.25, 0.3) is 0 Å². The fourth-order valence-corrected chi connectivity index (χ4v) is 1.88. The van der Waals surface area contributed by atoms with Crippen LogP contribution in [-0.4, -0.2) is 10.8 Å². The van der Waals surface area contributed by atoms with E-state index >= 15 is 0 Å². The second-order valence-corrected chi connectivity index (χ2v) is 4.32. The van der Waals surface area contributed by atoms with Gasteiger partial charge in [-0.15, -0.1) is 0 Å². The van der Waals surface area contributed by atoms with Crippen LogP contribution in [0.4, 0.5) is 0 Å². The van der Waals surface area contributed by atoms with Gasteiger partial charge in [0.2, 0.25) is 0 Å². The average molecular weight is 230 g/mol. The number of nitrogens with zero attached hydrogens (tertiary/aromatic N) is 2. The number of aromatic nitrogens is 1. The molecular weight excluding hydrogens is 212 g/mol. The number of pyridine rings is 1. The number of rotatable bonds is 6. The smallest absolute Gasteiger partial charge is 0.140 e. The van der Waals surface area contributed by atoms with Crippen LogP contribution in [0, 0.1) is 17.2 Å². The summed E-state index contributed by atoms with van der Waals surface area (Å²) in [5, 5.41) is 8.87. The van der Waals surface area contributed by atoms with Gasteiger partial charge >= 0.3 is 0 Å². The number of Topliss-reactive ketones (excluding diaryl/α,β-unsaturated/α-hetero) is 1. The van der Waals surface area contributed by atoms with Crippen molar-refractivity contribution in [3.8, 4) is 6.07 Å². The summed E-state index contributed by atoms with van der Waals surface area (Å²) in [6.45, 7) is 3.85. The van der Waals surface area contributed by atoms with Crippen LogP contribution >= 0.6 is 0 Å². The molecule has 1 aromatic heterocycles. The minimum absolute atomic E-state index is 0.103. The quantitative estimate of drug-likeness (QED) is 0.754. The first kappa shape index (κ1) is 13.4. The van der Waals surface area contributed by atoms with Crippen molar-refractivity contribution in [2.45, 2.75) is 39.0 Å². The number of carbonyl (C=O) groups excluding carboxylic acids is 1. The van der Waals surface area contributed by atoms with Crippen LogP contribution in [-0.2, 0) is 4.79 Å². The van der Waals surface area contributed by atoms with Crippen LogP contribution in [0.3, 0.4) is 0 Å². The summed E-state index contributed by atoms with van der Waals surface area (Å²) < 4.78 is 0. The van der Waals surface area contributed by atoms with E-state index in [4.69, 9.17) is 5.26 Å². The molecule has 2 atom stereocenters. The van der Waals surface area contributed by atoms with Crippen LogP contribution in [0.1, 0.15) is 44.6 Å². The minimum atomic E-state index is -0.160. The number of ketones is 1. The van der Waals surface area contributed by atoms with E-state index in [0.29, 0.717) is 12.8 Å². The van der Waals surface area contributed by atoms with Gasteiger partial charge in [-0.05, 0) is 37.5 Å². The zero-order chi connectivity index (χ0) is 12.7. The Labute approximate surface area is 102 Å². The minimum Gasteiger partial charge on any atom is -0.299 e. The first-order valence-corrected chi connectivity index (χ1v) is 6.01. The van der Waals surface area contributed by atoms with Gasteiger partial charge in [0.15, 0.2) is 0 Å². The van der Waals surface area contributed by atoms with Crippen molar-refractivity contribution in [1.29, 1.82) is 5.26 Å². The predicted molar refractivity (Wildman–Crippen MR) is 66.3 cm³/mol. The molecule has 17 heavy (non-hydrogen) atoms. The molecule has 1 heterocycles. The maximum atomic E-state index is 12.1. The standard InChI is InChI=1S/C14H18N2O/c1-3-4-14(17)13(9-11(2)10-15)12-5-7-16-8-6-12/h5-8,11,13H,3-4,9H2,1-2H3. The largest absolute Gasteiger partial charge is 0.299 e. The molecule has 0 saturated carbocycles. The third-order valence-corrected chi connectivity index (χ3v) is 2.80. The molecule has 0 radical (unpaired) electrons. The van der Waals surface area contributed by atoms with Gasteiger partial charge in [-0.2, -0.15) is 5.26 Å². The van der Waals surface area contributed by atoms with Gasteiger partial charge < -0.3 is 0 Å². The molecular formula is C14H18N2O. The molecule has 0 aromatic carbocycles. The zero-order valence-electron chi connectivity index (χ0n) is 10.4. The first-order valence-electron chi connectivity index (χ1n) is 6.01. The molecule has 3 nitrogen and oxygen atoms in total. The van der Waals surface area contributed by atoms with Gasteiger partial charge in [0.05, 0.1) is 6.07 Å². The molecule has 0 aliphatic carbocycles. The zero-order valence-corrected chi connectivity index (χ0v) is 10.4. The highest BCUT2D eigenvalue weighted by atomic mass is 16.1. The van der Waals surface area contributed by atoms with E-state index in [1.165, 1.54) is 0 Å². The Bertz CT molecular complexity index is 394. The topological polar surface area (TPSA) is 53.8 Å². The van der Waals surface area contributed by atoms with Crippen molar-refractivity contribution in [3.05, 3.63) is 30.1 Å². The Kier molecular flexibility index (Phi) is 5.35. The molecule has 0 N–H and O–H groups in total. The lowest BCUT2D eigenvalue weighted by Crippen LogP contribution is -2.15. The van der Waals surface area contributed by atoms with Gasteiger partial charge in [-0.25, -0.2) is 0 Å². The normalized spacial score (nSPS) is 13.7. The van der Waals surface area contributed by atoms with Crippen LogP contribution in [0.2, 0.25) is 0 Å². The van der Waals surface area contributed by atoms with E-state index in [0.717, 1.165) is 12.0 Å². The maximum Gasteiger partial charge on any atom is 0.140 e. The van der Waals surface area contributed by atoms with Gasteiger partial charge in [-0.3, -0.25) is 9.78 Å². The summed E-state index contributed by atoms with van der Waals surface area (Å²) in [4.78, 5) is 16.0. The second-order valence-electron chi connectivity index (χ2n) is 4.32. The molecule has 3 heteroatoms. The van der Waals surface area contributed by atoms with Gasteiger partial charge in [0.1, 0.15) is 5.78 Å². The molecule has 1 rings (SSSR count). The maximum absolute atomic E-state index is 12.1. The Hall–Kier alpha value is -1.69. The highest BCUT2D eigenvalue weighted by Gasteiger charge is 2.21. The predicted octanol–water partition coefficient (Wildman–Crippen LogP) is 3.08. The molecule has 0 saturated heterocycles. The van der Waals surface area contributed by atoms with Crippen LogP contribution in [0.15, 0.2) is 24.5 Å². The van der Waals surface area contributed by atoms with Crippen molar-refractivity contribution in [3.63, 3.8) is 0 Å². The van der Waals surface area contributed by atoms with Gasteiger partial charge in [0.25, 0.3) is 0 Å². The average Bonchev–Trinajstić information content (AvgIpc) is 2.36. The monoisotopic (exact) mass is 230 g/mol. The third kappa shape index (κ3) is 3.99. The van der Waals surface area contributed by atoms with Crippen LogP contribution in [0.5, 0.6) is 0 Å². The summed E-state index contributed by atoms with van der Waals surface area (Å²) in [7, 11) is 0. The van der Waals surface area contributed by atoms with Crippen molar-refractivity contribution >= 4 is 5.78 Å². The van der Waals surface area contributed by atoms with E-state index in [1.807, 2.05) is 26.0 Å². The Morgan fingerprint density at radius 3 is 2.65 bits per heavy atom. The summed E-state index contributed by atoms with van der Waals surface area (Å²) in [5.74, 6) is -0.0395. The highest BCUT2D eigenvalue weighted by Crippen LogP contribution is 2.25. The van der Waals surface area contributed by atoms with E-state index < -0.39 is 0 Å². The Balaban J connectivity index is 2.87. The van der Waals surface area contributed by atoms with Crippen molar-refractivity contribution < 1.29 is 4.79 Å². The summed E-state index contributed by atoms with van der Waals surface area (Å²) >= 11 is 0. The molecule has 90 valence electrons. The van der Waals surface area contributed by atoms with Gasteiger partial charge in [-0.1, -0.05) is 6.92 Å². The number of hydrogen-bond donors (Lipinski definition) is 0. The molecule has 1 aromatic rings. The fourth-order valence-electron chi connectivity index (χ4n) is 1.88. The number of hydrogen-bond acceptors (Lipinski definition) is 3. The van der Waals surface area contributed by atoms with E-state index in [1.54, 1.807) is 12.4 Å². The van der Waals surface area contributed by atoms with E-state index in [2.05, 4.69) is 11.1 Å². The molecule has 0 aliphatic rings. The molecule has 0 amide bonds. The van der Waals surface area contributed by atoms with Crippen LogP contribution < -0.4 is 0 Å². The third-order valence-electron chi connectivity index (χ3n) is 2.80. The lowest BCUT2D eigenvalue weighted by Gasteiger charge is -2.16. The van der Waals surface area contributed by atoms with E-state index in [-0.39, 0.29) is 17.6 Å². The molecule has 0 fully saturated rings. The molecule has 2 unspecified atom stereocenters. The van der Waals surface area contributed by atoms with E-state index in [9.17, 15) is 4.79 Å². The number of nitriles is 1. The van der Waals surface area contributed by atoms with Crippen molar-refractivity contribution in [2.75, 3.05) is 0 Å². The molecule has 0 aliphatic heterocycles. The Morgan fingerprint density at radius 1 is 1.47 bits per heavy atom. The summed E-state index contributed by atoms with van der Waals surface area (Å²) in [5.41, 5.74) is 0.973. The SMILES string of the molecule is CCCC(=O)C(CC(C)C#N)c1ccncc1. The lowest BCUT2D eigenvalue weighted by atomic mass is 9.86. The lowest BCUT2D eigenvalue weighted by molar-refractivity contribution is -0.120. The number of carbonyl (C=O) groups is 1. The second kappa shape index (κ2) is 6.80. The fraction of sp³-hybridized carbons (Fsp3) is 0.500.